The van der Waals surface area contributed by atoms with E-state index in [4.69, 9.17) is 4.74 Å². The maximum Gasteiger partial charge on any atom is 0.246 e. The minimum atomic E-state index is -1.06. The molecule has 4 aliphatic rings. The summed E-state index contributed by atoms with van der Waals surface area (Å²) in [6, 6.07) is 8.28. The summed E-state index contributed by atoms with van der Waals surface area (Å²) in [5.74, 6) is -2.13. The predicted molar refractivity (Wildman–Crippen MR) is 129 cm³/mol. The molecule has 190 valence electrons. The lowest BCUT2D eigenvalue weighted by molar-refractivity contribution is -0.149. The molecule has 1 aromatic carbocycles. The Bertz CT molecular complexity index is 980. The van der Waals surface area contributed by atoms with Crippen molar-refractivity contribution in [2.45, 2.75) is 87.6 Å². The zero-order valence-electron chi connectivity index (χ0n) is 20.7. The molecule has 3 amide bonds. The highest BCUT2D eigenvalue weighted by atomic mass is 16.5. The van der Waals surface area contributed by atoms with Crippen molar-refractivity contribution in [2.75, 3.05) is 13.7 Å². The standard InChI is InChI=1S/C27H37N3O5/c1-26-13-14-27(35-26)21(20(26)23(32)28-2)25(34)30(19(16-31)15-17-9-5-3-6-10-17)22(27)24(33)29-18-11-7-4-8-12-18/h3,5-6,9-10,18-22,31H,4,7-8,11-16H2,1-2H3,(H,28,32)(H,29,33)/t19-,20+,21+,22?,26-,27?/m1/s1. The fourth-order valence-electron chi connectivity index (χ4n) is 7.28. The van der Waals surface area contributed by atoms with E-state index in [2.05, 4.69) is 10.6 Å². The summed E-state index contributed by atoms with van der Waals surface area (Å²) in [6.45, 7) is 1.61. The average molecular weight is 484 g/mol. The van der Waals surface area contributed by atoms with Gasteiger partial charge in [-0.25, -0.2) is 0 Å². The Hall–Kier alpha value is -2.45. The lowest BCUT2D eigenvalue weighted by atomic mass is 9.66. The molecular weight excluding hydrogens is 446 g/mol. The number of fused-ring (bicyclic) bond motifs is 1. The van der Waals surface area contributed by atoms with Gasteiger partial charge in [-0.2, -0.15) is 0 Å². The highest BCUT2D eigenvalue weighted by molar-refractivity contribution is 5.99. The van der Waals surface area contributed by atoms with Crippen LogP contribution in [-0.2, 0) is 25.5 Å². The van der Waals surface area contributed by atoms with Gasteiger partial charge in [-0.05, 0) is 44.6 Å². The Morgan fingerprint density at radius 2 is 1.86 bits per heavy atom. The van der Waals surface area contributed by atoms with Gasteiger partial charge in [0, 0.05) is 13.1 Å². The number of benzene rings is 1. The number of likely N-dealkylation sites (tertiary alicyclic amines) is 1. The summed E-state index contributed by atoms with van der Waals surface area (Å²) in [4.78, 5) is 42.6. The van der Waals surface area contributed by atoms with Crippen molar-refractivity contribution in [3.63, 3.8) is 0 Å². The lowest BCUT2D eigenvalue weighted by Crippen LogP contribution is -2.59. The number of hydrogen-bond donors (Lipinski definition) is 3. The first-order valence-electron chi connectivity index (χ1n) is 13.0. The number of aliphatic hydroxyl groups is 1. The number of carbonyl (C=O) groups is 3. The van der Waals surface area contributed by atoms with E-state index in [1.807, 2.05) is 37.3 Å². The molecule has 1 saturated carbocycles. The van der Waals surface area contributed by atoms with Gasteiger partial charge < -0.3 is 25.4 Å². The number of nitrogens with one attached hydrogen (secondary N) is 2. The van der Waals surface area contributed by atoms with Gasteiger partial charge in [-0.3, -0.25) is 14.4 Å². The van der Waals surface area contributed by atoms with E-state index in [-0.39, 0.29) is 30.4 Å². The van der Waals surface area contributed by atoms with Crippen LogP contribution in [0.3, 0.4) is 0 Å². The minimum absolute atomic E-state index is 0.0780. The Kier molecular flexibility index (Phi) is 6.38. The quantitative estimate of drug-likeness (QED) is 0.546. The van der Waals surface area contributed by atoms with Crippen molar-refractivity contribution in [3.05, 3.63) is 35.9 Å². The van der Waals surface area contributed by atoms with Gasteiger partial charge >= 0.3 is 0 Å². The molecule has 3 aliphatic heterocycles. The van der Waals surface area contributed by atoms with E-state index in [0.717, 1.165) is 31.2 Å². The smallest absolute Gasteiger partial charge is 0.246 e. The molecule has 2 unspecified atom stereocenters. The van der Waals surface area contributed by atoms with Crippen molar-refractivity contribution in [1.29, 1.82) is 0 Å². The monoisotopic (exact) mass is 483 g/mol. The van der Waals surface area contributed by atoms with Crippen molar-refractivity contribution < 1.29 is 24.2 Å². The first-order valence-corrected chi connectivity index (χ1v) is 13.0. The number of amides is 3. The lowest BCUT2D eigenvalue weighted by Gasteiger charge is -2.38. The van der Waals surface area contributed by atoms with Crippen LogP contribution in [0.25, 0.3) is 0 Å². The molecule has 2 bridgehead atoms. The zero-order valence-corrected chi connectivity index (χ0v) is 20.7. The predicted octanol–water partition coefficient (Wildman–Crippen LogP) is 1.55. The fourth-order valence-corrected chi connectivity index (χ4v) is 7.28. The SMILES string of the molecule is CNC(=O)[C@@H]1[C@H]2C(=O)N([C@@H](CO)Cc3ccccc3)C(C(=O)NC3CCCCC3)C23CC[C@@]1(C)O3. The number of nitrogens with zero attached hydrogens (tertiary/aromatic N) is 1. The van der Waals surface area contributed by atoms with Crippen LogP contribution in [0.2, 0.25) is 0 Å². The van der Waals surface area contributed by atoms with Crippen LogP contribution >= 0.6 is 0 Å². The molecule has 1 aliphatic carbocycles. The van der Waals surface area contributed by atoms with Crippen LogP contribution in [0.15, 0.2) is 30.3 Å². The van der Waals surface area contributed by atoms with E-state index in [0.29, 0.717) is 19.3 Å². The van der Waals surface area contributed by atoms with E-state index in [9.17, 15) is 19.5 Å². The number of carbonyl (C=O) groups excluding carboxylic acids is 3. The van der Waals surface area contributed by atoms with E-state index in [1.165, 1.54) is 6.42 Å². The summed E-state index contributed by atoms with van der Waals surface area (Å²) in [6.07, 6.45) is 6.74. The zero-order chi connectivity index (χ0) is 24.8. The highest BCUT2D eigenvalue weighted by Gasteiger charge is 2.78. The second-order valence-electron chi connectivity index (χ2n) is 11.0. The Balaban J connectivity index is 1.53. The third-order valence-electron chi connectivity index (χ3n) is 8.86. The van der Waals surface area contributed by atoms with Crippen molar-refractivity contribution >= 4 is 17.7 Å². The summed E-state index contributed by atoms with van der Waals surface area (Å²) >= 11 is 0. The molecule has 0 radical (unpaired) electrons. The van der Waals surface area contributed by atoms with Crippen LogP contribution in [0.4, 0.5) is 0 Å². The van der Waals surface area contributed by atoms with Crippen LogP contribution in [0.5, 0.6) is 0 Å². The molecule has 8 heteroatoms. The number of rotatable bonds is 7. The molecule has 6 atom stereocenters. The van der Waals surface area contributed by atoms with E-state index < -0.39 is 35.1 Å². The van der Waals surface area contributed by atoms with Crippen LogP contribution in [0.1, 0.15) is 57.4 Å². The molecule has 35 heavy (non-hydrogen) atoms. The Labute approximate surface area is 206 Å². The molecule has 3 N–H and O–H groups in total. The molecule has 3 saturated heterocycles. The minimum Gasteiger partial charge on any atom is -0.394 e. The van der Waals surface area contributed by atoms with Crippen molar-refractivity contribution in [2.24, 2.45) is 11.8 Å². The van der Waals surface area contributed by atoms with Crippen molar-refractivity contribution in [3.8, 4) is 0 Å². The van der Waals surface area contributed by atoms with Crippen LogP contribution in [-0.4, -0.2) is 70.7 Å². The molecule has 8 nitrogen and oxygen atoms in total. The Morgan fingerprint density at radius 1 is 1.14 bits per heavy atom. The summed E-state index contributed by atoms with van der Waals surface area (Å²) in [5, 5.41) is 16.4. The Morgan fingerprint density at radius 3 is 2.51 bits per heavy atom. The topological polar surface area (TPSA) is 108 Å². The second-order valence-corrected chi connectivity index (χ2v) is 11.0. The third-order valence-corrected chi connectivity index (χ3v) is 8.86. The van der Waals surface area contributed by atoms with Gasteiger partial charge in [-0.15, -0.1) is 0 Å². The first-order chi connectivity index (χ1) is 16.8. The highest BCUT2D eigenvalue weighted by Crippen LogP contribution is 2.63. The van der Waals surface area contributed by atoms with Gasteiger partial charge in [0.05, 0.1) is 30.1 Å². The molecule has 4 fully saturated rings. The normalized spacial score (nSPS) is 35.1. The molecule has 0 aromatic heterocycles. The van der Waals surface area contributed by atoms with E-state index in [1.54, 1.807) is 11.9 Å². The second kappa shape index (κ2) is 9.21. The van der Waals surface area contributed by atoms with Gasteiger partial charge in [0.25, 0.3) is 0 Å². The summed E-state index contributed by atoms with van der Waals surface area (Å²) in [7, 11) is 1.57. The van der Waals surface area contributed by atoms with Gasteiger partial charge in [0.1, 0.15) is 11.6 Å². The van der Waals surface area contributed by atoms with Crippen molar-refractivity contribution in [1.82, 2.24) is 15.5 Å². The maximum absolute atomic E-state index is 14.1. The van der Waals surface area contributed by atoms with Gasteiger partial charge in [-0.1, -0.05) is 49.6 Å². The fraction of sp³-hybridized carbons (Fsp3) is 0.667. The van der Waals surface area contributed by atoms with Gasteiger partial charge in [0.15, 0.2) is 0 Å². The summed E-state index contributed by atoms with van der Waals surface area (Å²) in [5.41, 5.74) is -0.879. The largest absolute Gasteiger partial charge is 0.394 e. The van der Waals surface area contributed by atoms with E-state index >= 15 is 0 Å². The van der Waals surface area contributed by atoms with Crippen LogP contribution in [0, 0.1) is 11.8 Å². The molecule has 1 spiro atoms. The molecule has 1 aromatic rings. The number of hydrogen-bond acceptors (Lipinski definition) is 5. The molecule has 5 rings (SSSR count). The number of aliphatic hydroxyl groups excluding tert-OH is 1. The number of ether oxygens (including phenoxy) is 1. The summed E-state index contributed by atoms with van der Waals surface area (Å²) < 4.78 is 6.61. The third kappa shape index (κ3) is 3.85. The average Bonchev–Trinajstić information content (AvgIpc) is 3.44. The van der Waals surface area contributed by atoms with Gasteiger partial charge in [0.2, 0.25) is 17.7 Å². The molecular formula is C27H37N3O5. The maximum atomic E-state index is 14.1. The van der Waals surface area contributed by atoms with Crippen LogP contribution < -0.4 is 10.6 Å². The first kappa shape index (κ1) is 24.3. The molecule has 3 heterocycles.